The average molecular weight is 365 g/mol. The number of nitrogens with one attached hydrogen (secondary N) is 1. The van der Waals surface area contributed by atoms with Crippen molar-refractivity contribution in [1.29, 1.82) is 0 Å². The van der Waals surface area contributed by atoms with Gasteiger partial charge in [0, 0.05) is 23.6 Å². The van der Waals surface area contributed by atoms with Crippen molar-refractivity contribution < 1.29 is 18.0 Å². The largest absolute Gasteiger partial charge is 0.416 e. The molecule has 2 rings (SSSR count). The summed E-state index contributed by atoms with van der Waals surface area (Å²) < 4.78 is 38.3. The minimum atomic E-state index is -4.46. The van der Waals surface area contributed by atoms with Gasteiger partial charge in [0.15, 0.2) is 0 Å². The minimum absolute atomic E-state index is 0.00102. The highest BCUT2D eigenvalue weighted by molar-refractivity contribution is 9.10. The van der Waals surface area contributed by atoms with Gasteiger partial charge in [-0.25, -0.2) is 0 Å². The van der Waals surface area contributed by atoms with Crippen molar-refractivity contribution in [3.05, 3.63) is 33.8 Å². The Balaban J connectivity index is 1.97. The summed E-state index contributed by atoms with van der Waals surface area (Å²) in [5.41, 5.74) is -0.829. The molecule has 0 bridgehead atoms. The van der Waals surface area contributed by atoms with E-state index in [9.17, 15) is 18.0 Å². The summed E-state index contributed by atoms with van der Waals surface area (Å²) in [6.07, 6.45) is -2.12. The highest BCUT2D eigenvalue weighted by atomic mass is 79.9. The number of halogens is 4. The van der Waals surface area contributed by atoms with Crippen LogP contribution in [0.2, 0.25) is 0 Å². The van der Waals surface area contributed by atoms with Crippen LogP contribution in [0.3, 0.4) is 0 Å². The fraction of sp³-hybridized carbons (Fsp3) is 0.500. The maximum Gasteiger partial charge on any atom is 0.416 e. The topological polar surface area (TPSA) is 32.3 Å². The predicted octanol–water partition coefficient (Wildman–Crippen LogP) is 3.29. The van der Waals surface area contributed by atoms with Crippen LogP contribution in [-0.4, -0.2) is 37.0 Å². The van der Waals surface area contributed by atoms with E-state index in [0.717, 1.165) is 12.1 Å². The molecule has 21 heavy (non-hydrogen) atoms. The first-order valence-electron chi connectivity index (χ1n) is 6.64. The van der Waals surface area contributed by atoms with E-state index in [1.54, 1.807) is 0 Å². The Morgan fingerprint density at radius 3 is 2.67 bits per heavy atom. The van der Waals surface area contributed by atoms with Gasteiger partial charge in [0.1, 0.15) is 0 Å². The van der Waals surface area contributed by atoms with Crippen molar-refractivity contribution in [2.45, 2.75) is 25.1 Å². The van der Waals surface area contributed by atoms with E-state index in [-0.39, 0.29) is 5.56 Å². The molecule has 7 heteroatoms. The maximum absolute atomic E-state index is 12.7. The lowest BCUT2D eigenvalue weighted by molar-refractivity contribution is -0.137. The van der Waals surface area contributed by atoms with Crippen LogP contribution in [0.4, 0.5) is 13.2 Å². The van der Waals surface area contributed by atoms with Crippen LogP contribution < -0.4 is 5.32 Å². The molecule has 0 heterocycles. The number of rotatable bonds is 5. The summed E-state index contributed by atoms with van der Waals surface area (Å²) in [5.74, 6) is -0.503. The Morgan fingerprint density at radius 1 is 1.43 bits per heavy atom. The van der Waals surface area contributed by atoms with E-state index in [2.05, 4.69) is 26.1 Å². The Labute approximate surface area is 129 Å². The van der Waals surface area contributed by atoms with Gasteiger partial charge in [-0.1, -0.05) is 0 Å². The normalized spacial score (nSPS) is 15.3. The number of carbonyl (C=O) groups is 1. The van der Waals surface area contributed by atoms with Crippen LogP contribution in [0.15, 0.2) is 22.7 Å². The molecule has 116 valence electrons. The standard InChI is InChI=1S/C14H16BrF3N2O/c1-20(10-3-4-10)7-6-19-13(21)11-8-9(14(16,17)18)2-5-12(11)15/h2,5,8,10H,3-4,6-7H2,1H3,(H,19,21). The molecule has 0 aliphatic heterocycles. The maximum atomic E-state index is 12.7. The molecule has 1 fully saturated rings. The lowest BCUT2D eigenvalue weighted by Gasteiger charge is -2.16. The molecule has 1 saturated carbocycles. The first-order valence-corrected chi connectivity index (χ1v) is 7.43. The van der Waals surface area contributed by atoms with E-state index >= 15 is 0 Å². The van der Waals surface area contributed by atoms with Gasteiger partial charge in [0.2, 0.25) is 0 Å². The third-order valence-electron chi connectivity index (χ3n) is 3.46. The number of likely N-dealkylation sites (N-methyl/N-ethyl adjacent to an activating group) is 1. The van der Waals surface area contributed by atoms with E-state index < -0.39 is 17.6 Å². The lowest BCUT2D eigenvalue weighted by atomic mass is 10.1. The van der Waals surface area contributed by atoms with Gasteiger partial charge >= 0.3 is 6.18 Å². The van der Waals surface area contributed by atoms with Gasteiger partial charge < -0.3 is 10.2 Å². The molecular formula is C14H16BrF3N2O. The number of amides is 1. The molecule has 1 aliphatic carbocycles. The highest BCUT2D eigenvalue weighted by Crippen LogP contribution is 2.31. The van der Waals surface area contributed by atoms with Crippen LogP contribution in [-0.2, 0) is 6.18 Å². The fourth-order valence-electron chi connectivity index (χ4n) is 2.01. The Hall–Kier alpha value is -1.08. The SMILES string of the molecule is CN(CCNC(=O)c1cc(C(F)(F)F)ccc1Br)C1CC1. The molecule has 0 saturated heterocycles. The zero-order valence-corrected chi connectivity index (χ0v) is 13.1. The van der Waals surface area contributed by atoms with Crippen LogP contribution in [0.1, 0.15) is 28.8 Å². The molecular weight excluding hydrogens is 349 g/mol. The molecule has 1 amide bonds. The fourth-order valence-corrected chi connectivity index (χ4v) is 2.44. The second-order valence-corrected chi connectivity index (χ2v) is 6.01. The summed E-state index contributed by atoms with van der Waals surface area (Å²) in [6, 6.07) is 3.64. The summed E-state index contributed by atoms with van der Waals surface area (Å²) >= 11 is 3.11. The second-order valence-electron chi connectivity index (χ2n) is 5.16. The van der Waals surface area contributed by atoms with Crippen LogP contribution in [0, 0.1) is 0 Å². The molecule has 1 aliphatic rings. The summed E-state index contributed by atoms with van der Waals surface area (Å²) in [6.45, 7) is 1.10. The zero-order valence-electron chi connectivity index (χ0n) is 11.5. The van der Waals surface area contributed by atoms with Gasteiger partial charge in [-0.3, -0.25) is 4.79 Å². The number of nitrogens with zero attached hydrogens (tertiary/aromatic N) is 1. The molecule has 3 nitrogen and oxygen atoms in total. The van der Waals surface area contributed by atoms with E-state index in [4.69, 9.17) is 0 Å². The third kappa shape index (κ3) is 4.44. The smallest absolute Gasteiger partial charge is 0.351 e. The average Bonchev–Trinajstić information content (AvgIpc) is 3.21. The highest BCUT2D eigenvalue weighted by Gasteiger charge is 2.31. The number of benzene rings is 1. The first kappa shape index (κ1) is 16.3. The molecule has 0 aromatic heterocycles. The molecule has 0 radical (unpaired) electrons. The van der Waals surface area contributed by atoms with E-state index in [0.29, 0.717) is 23.6 Å². The second kappa shape index (κ2) is 6.36. The number of carbonyl (C=O) groups excluding carboxylic acids is 1. The van der Waals surface area contributed by atoms with Gasteiger partial charge in [-0.2, -0.15) is 13.2 Å². The van der Waals surface area contributed by atoms with Crippen LogP contribution >= 0.6 is 15.9 Å². The van der Waals surface area contributed by atoms with Crippen LogP contribution in [0.5, 0.6) is 0 Å². The Morgan fingerprint density at radius 2 is 2.10 bits per heavy atom. The molecule has 0 unspecified atom stereocenters. The predicted molar refractivity (Wildman–Crippen MR) is 77.1 cm³/mol. The number of hydrogen-bond donors (Lipinski definition) is 1. The first-order chi connectivity index (χ1) is 9.79. The third-order valence-corrected chi connectivity index (χ3v) is 4.15. The monoisotopic (exact) mass is 364 g/mol. The summed E-state index contributed by atoms with van der Waals surface area (Å²) in [7, 11) is 1.98. The number of alkyl halides is 3. The minimum Gasteiger partial charge on any atom is -0.351 e. The Bertz CT molecular complexity index is 529. The van der Waals surface area contributed by atoms with Gasteiger partial charge in [-0.15, -0.1) is 0 Å². The molecule has 0 atom stereocenters. The van der Waals surface area contributed by atoms with Crippen molar-refractivity contribution in [1.82, 2.24) is 10.2 Å². The van der Waals surface area contributed by atoms with Gasteiger partial charge in [0.25, 0.3) is 5.91 Å². The quantitative estimate of drug-likeness (QED) is 0.869. The van der Waals surface area contributed by atoms with E-state index in [1.807, 2.05) is 7.05 Å². The van der Waals surface area contributed by atoms with Crippen molar-refractivity contribution in [2.75, 3.05) is 20.1 Å². The molecule has 1 aromatic rings. The van der Waals surface area contributed by atoms with E-state index in [1.165, 1.54) is 18.9 Å². The zero-order chi connectivity index (χ0) is 15.6. The van der Waals surface area contributed by atoms with Gasteiger partial charge in [-0.05, 0) is 54.0 Å². The van der Waals surface area contributed by atoms with Crippen molar-refractivity contribution in [3.8, 4) is 0 Å². The van der Waals surface area contributed by atoms with Gasteiger partial charge in [0.05, 0.1) is 11.1 Å². The Kier molecular flexibility index (Phi) is 4.93. The summed E-state index contributed by atoms with van der Waals surface area (Å²) in [5, 5.41) is 2.65. The van der Waals surface area contributed by atoms with Crippen molar-refractivity contribution in [3.63, 3.8) is 0 Å². The van der Waals surface area contributed by atoms with Crippen molar-refractivity contribution >= 4 is 21.8 Å². The van der Waals surface area contributed by atoms with Crippen LogP contribution in [0.25, 0.3) is 0 Å². The molecule has 1 N–H and O–H groups in total. The lowest BCUT2D eigenvalue weighted by Crippen LogP contribution is -2.34. The summed E-state index contributed by atoms with van der Waals surface area (Å²) in [4.78, 5) is 14.1. The van der Waals surface area contributed by atoms with Crippen molar-refractivity contribution in [2.24, 2.45) is 0 Å². The molecule has 0 spiro atoms. The molecule has 1 aromatic carbocycles. The number of hydrogen-bond acceptors (Lipinski definition) is 2.